The molecule has 18 heteroatoms. The van der Waals surface area contributed by atoms with Crippen LogP contribution in [0.25, 0.3) is 0 Å². The second-order valence-electron chi connectivity index (χ2n) is 17.5. The summed E-state index contributed by atoms with van der Waals surface area (Å²) in [6, 6.07) is 90.2. The fraction of sp³-hybridized carbons (Fsp3) is 0.188. The summed E-state index contributed by atoms with van der Waals surface area (Å²) in [6.07, 6.45) is 0. The topological polar surface area (TPSA) is 13.0 Å². The van der Waals surface area contributed by atoms with Crippen molar-refractivity contribution in [2.45, 2.75) is 71.2 Å². The van der Waals surface area contributed by atoms with Crippen LogP contribution in [0.2, 0.25) is 0 Å². The number of hydrogen-bond donors (Lipinski definition) is 0. The van der Waals surface area contributed by atoms with Gasteiger partial charge in [0.05, 0.1) is 0 Å². The van der Waals surface area contributed by atoms with Crippen molar-refractivity contribution in [2.24, 2.45) is 0 Å². The fourth-order valence-corrected chi connectivity index (χ4v) is 8.90. The minimum Gasteiger partial charge on any atom is -0.800 e. The van der Waals surface area contributed by atoms with Crippen molar-refractivity contribution in [3.8, 4) is 0 Å². The van der Waals surface area contributed by atoms with Gasteiger partial charge in [0.15, 0.2) is 0 Å². The molecule has 0 aliphatic carbocycles. The molecule has 0 saturated carbocycles. The van der Waals surface area contributed by atoms with Crippen molar-refractivity contribution >= 4 is 101 Å². The van der Waals surface area contributed by atoms with E-state index in [-0.39, 0.29) is 126 Å². The smallest absolute Gasteiger partial charge is 0.0190 e. The first-order valence-corrected chi connectivity index (χ1v) is 28.7. The monoisotopic (exact) mass is 1500 g/mol. The van der Waals surface area contributed by atoms with Crippen molar-refractivity contribution in [3.05, 3.63) is 311 Å². The second kappa shape index (κ2) is 51.1. The second-order valence-corrected chi connectivity index (χ2v) is 22.3. The third-order valence-electron chi connectivity index (χ3n) is 11.4. The molecule has 0 saturated heterocycles. The van der Waals surface area contributed by atoms with Crippen molar-refractivity contribution in [2.75, 3.05) is 0 Å². The van der Waals surface area contributed by atoms with E-state index in [0.717, 1.165) is 52.4 Å². The maximum Gasteiger partial charge on any atom is 0.0190 e. The van der Waals surface area contributed by atoms with Crippen molar-refractivity contribution in [1.29, 1.82) is 0 Å². The molecule has 4 nitrogen and oxygen atoms in total. The molecular weight excluding hydrogens is 1440 g/mol. The number of hydrogen-bond acceptors (Lipinski definition) is 12. The van der Waals surface area contributed by atoms with Crippen LogP contribution in [0.5, 0.6) is 0 Å². The van der Waals surface area contributed by atoms with Crippen LogP contribution in [0.1, 0.15) is 44.5 Å². The van der Waals surface area contributed by atoms with Gasteiger partial charge in [-0.2, -0.15) is 121 Å². The van der Waals surface area contributed by atoms with Crippen LogP contribution in [-0.4, -0.2) is 38.4 Å². The fourth-order valence-electron chi connectivity index (χ4n) is 7.71. The molecular formula is C64H64Fe4N4S8Zn2-16. The van der Waals surface area contributed by atoms with Gasteiger partial charge in [0, 0.05) is 133 Å². The molecule has 0 atom stereocenters. The molecule has 0 bridgehead atoms. The zero-order valence-electron chi connectivity index (χ0n) is 45.3. The van der Waals surface area contributed by atoms with Crippen LogP contribution in [0.4, 0.5) is 0 Å². The van der Waals surface area contributed by atoms with E-state index in [9.17, 15) is 0 Å². The van der Waals surface area contributed by atoms with Crippen LogP contribution in [0.15, 0.2) is 267 Å². The summed E-state index contributed by atoms with van der Waals surface area (Å²) in [5.41, 5.74) is 9.72. The Morgan fingerprint density at radius 2 is 0.451 bits per heavy atom. The molecule has 0 fully saturated rings. The minimum atomic E-state index is -0.350. The van der Waals surface area contributed by atoms with Crippen LogP contribution < -0.4 is 0 Å². The van der Waals surface area contributed by atoms with Crippen LogP contribution in [0.3, 0.4) is 0 Å². The Bertz CT molecular complexity index is 2330. The molecule has 0 amide bonds. The van der Waals surface area contributed by atoms with Gasteiger partial charge in [-0.05, 0) is 48.4 Å². The van der Waals surface area contributed by atoms with E-state index in [1.165, 1.54) is 44.5 Å². The molecule has 82 heavy (non-hydrogen) atoms. The molecule has 10 aromatic rings. The summed E-state index contributed by atoms with van der Waals surface area (Å²) in [5, 5.41) is 0. The summed E-state index contributed by atoms with van der Waals surface area (Å²) in [5.74, 6) is 0. The molecule has 0 aliphatic heterocycles. The average Bonchev–Trinajstić information content (AvgIpc) is 4.27. The summed E-state index contributed by atoms with van der Waals surface area (Å²) in [4.78, 5) is 8.52. The van der Waals surface area contributed by atoms with Crippen molar-refractivity contribution < 1.29 is 107 Å². The minimum absolute atomic E-state index is 0. The average molecular weight is 1500 g/mol. The summed E-state index contributed by atoms with van der Waals surface area (Å²) < 4.78 is -1.40. The SMILES string of the molecule is [Fe].[Fe].[Fe].[Fe].[S-]C([S-])N(Cc1cccc(CN(C[c-]2cccc2)C([S-])[S-])c1)C[c-]1cccc1.[S-]C([S-])N(Cc1cccc(CN(C[c-]2cccc2)C([S-])[S-])c1)C[c-]1cccc1.[Zn].[Zn].c1cc[cH-]c1.c1cc[cH-]c1.c1cc[cH-]c1.c1cc[cH-]c1. The van der Waals surface area contributed by atoms with Gasteiger partial charge in [-0.1, -0.05) is 48.5 Å². The van der Waals surface area contributed by atoms with Crippen molar-refractivity contribution in [1.82, 2.24) is 19.6 Å². The first-order valence-electron chi connectivity index (χ1n) is 24.9. The van der Waals surface area contributed by atoms with Gasteiger partial charge in [-0.25, -0.2) is 116 Å². The molecule has 0 heterocycles. The van der Waals surface area contributed by atoms with Gasteiger partial charge in [-0.3, -0.25) is 0 Å². The van der Waals surface area contributed by atoms with Crippen molar-refractivity contribution in [3.63, 3.8) is 0 Å². The van der Waals surface area contributed by atoms with E-state index >= 15 is 0 Å². The van der Waals surface area contributed by atoms with Gasteiger partial charge in [0.1, 0.15) is 0 Å². The van der Waals surface area contributed by atoms with Gasteiger partial charge >= 0.3 is 0 Å². The predicted molar refractivity (Wildman–Crippen MR) is 340 cm³/mol. The summed E-state index contributed by atoms with van der Waals surface area (Å²) >= 11 is 43.0. The molecule has 0 aliphatic rings. The quantitative estimate of drug-likeness (QED) is 0.0410. The molecule has 0 radical (unpaired) electrons. The summed E-state index contributed by atoms with van der Waals surface area (Å²) in [6.45, 7) is 5.96. The van der Waals surface area contributed by atoms with E-state index in [0.29, 0.717) is 0 Å². The molecule has 0 spiro atoms. The Kier molecular flexibility index (Phi) is 51.9. The first-order chi connectivity index (χ1) is 37.0. The Morgan fingerprint density at radius 1 is 0.280 bits per heavy atom. The van der Waals surface area contributed by atoms with E-state index < -0.39 is 0 Å². The van der Waals surface area contributed by atoms with Gasteiger partial charge in [0.2, 0.25) is 0 Å². The zero-order chi connectivity index (χ0) is 54.0. The molecule has 440 valence electrons. The van der Waals surface area contributed by atoms with Gasteiger partial charge in [-0.15, -0.1) is 22.3 Å². The molecule has 0 N–H and O–H groups in total. The van der Waals surface area contributed by atoms with E-state index in [1.807, 2.05) is 170 Å². The third kappa shape index (κ3) is 36.5. The predicted octanol–water partition coefficient (Wildman–Crippen LogP) is 13.4. The van der Waals surface area contributed by atoms with E-state index in [4.69, 9.17) is 101 Å². The number of nitrogens with zero attached hydrogens (tertiary/aromatic N) is 4. The summed E-state index contributed by atoms with van der Waals surface area (Å²) in [7, 11) is 0. The van der Waals surface area contributed by atoms with Crippen LogP contribution in [0, 0.1) is 0 Å². The number of benzene rings is 2. The van der Waals surface area contributed by atoms with Crippen LogP contribution in [-0.2, 0) is 261 Å². The van der Waals surface area contributed by atoms with Crippen LogP contribution >= 0.6 is 0 Å². The Morgan fingerprint density at radius 3 is 0.585 bits per heavy atom. The largest absolute Gasteiger partial charge is 0.800 e. The zero-order valence-corrected chi connectivity index (χ0v) is 62.1. The third-order valence-corrected chi connectivity index (χ3v) is 13.8. The Hall–Kier alpha value is -0.795. The molecule has 0 aromatic heterocycles. The Labute approximate surface area is 603 Å². The standard InChI is InChI=1S/2C22H26N2S4.4C5H5.4Fe.2Zn/c2*25-21(26)23(13-17-6-1-2-7-17)15-19-10-5-11-20(12-19)16-24(22(27)28)14-18-8-3-4-9-18;4*1-2-4-5-3-1;;;;;;/h2*1-12,21-22,25-28H,13-16H2;4*1-5H;;;;;;/q2*-2;4*-1;;;;;;/p-8. The van der Waals surface area contributed by atoms with E-state index in [1.54, 1.807) is 0 Å². The normalized spacial score (nSPS) is 10.1. The molecule has 10 rings (SSSR count). The maximum absolute atomic E-state index is 5.38. The van der Waals surface area contributed by atoms with Gasteiger partial charge < -0.3 is 121 Å². The van der Waals surface area contributed by atoms with Gasteiger partial charge in [0.25, 0.3) is 0 Å². The number of rotatable bonds is 20. The Balaban J connectivity index is 0. The molecule has 10 aromatic carbocycles. The molecule has 0 unspecified atom stereocenters. The maximum atomic E-state index is 5.38. The first kappa shape index (κ1) is 83.3. The van der Waals surface area contributed by atoms with E-state index in [2.05, 4.69) is 117 Å².